The Morgan fingerprint density at radius 2 is 1.88 bits per heavy atom. The lowest BCUT2D eigenvalue weighted by Gasteiger charge is -2.57. The summed E-state index contributed by atoms with van der Waals surface area (Å²) in [6.07, 6.45) is 11.0. The molecule has 0 amide bonds. The van der Waals surface area contributed by atoms with E-state index in [9.17, 15) is 14.7 Å². The Hall–Kier alpha value is -1.22. The van der Waals surface area contributed by atoms with E-state index < -0.39 is 5.60 Å². The van der Waals surface area contributed by atoms with Crippen molar-refractivity contribution in [1.29, 1.82) is 0 Å². The third-order valence-corrected chi connectivity index (χ3v) is 9.18. The predicted molar refractivity (Wildman–Crippen MR) is 94.6 cm³/mol. The zero-order valence-corrected chi connectivity index (χ0v) is 15.4. The Morgan fingerprint density at radius 3 is 2.60 bits per heavy atom. The zero-order chi connectivity index (χ0) is 17.8. The number of aliphatic hydroxyl groups is 1. The number of fused-ring (bicyclic) bond motifs is 7. The zero-order valence-electron chi connectivity index (χ0n) is 15.4. The molecule has 0 aromatic carbocycles. The van der Waals surface area contributed by atoms with Crippen molar-refractivity contribution in [2.45, 2.75) is 58.5 Å². The topological polar surface area (TPSA) is 54.4 Å². The van der Waals surface area contributed by atoms with Crippen molar-refractivity contribution in [3.05, 3.63) is 23.8 Å². The average Bonchev–Trinajstić information content (AvgIpc) is 3.32. The molecule has 1 N–H and O–H groups in total. The summed E-state index contributed by atoms with van der Waals surface area (Å²) in [5.74, 6) is 2.36. The van der Waals surface area contributed by atoms with Crippen molar-refractivity contribution in [3.63, 3.8) is 0 Å². The predicted octanol–water partition coefficient (Wildman–Crippen LogP) is 3.47. The number of carbonyl (C=O) groups excluding carboxylic acids is 2. The molecule has 0 spiro atoms. The SMILES string of the molecule is CC(=O)C1(O)CCC2C3C=CC4=CC(=O)C5CC5C4(C)C3CCC21C. The highest BCUT2D eigenvalue weighted by atomic mass is 16.3. The summed E-state index contributed by atoms with van der Waals surface area (Å²) in [5, 5.41) is 11.2. The molecule has 25 heavy (non-hydrogen) atoms. The summed E-state index contributed by atoms with van der Waals surface area (Å²) < 4.78 is 0. The second-order valence-electron chi connectivity index (χ2n) is 9.79. The first-order valence-corrected chi connectivity index (χ1v) is 9.91. The molecule has 3 nitrogen and oxygen atoms in total. The molecule has 0 saturated heterocycles. The molecule has 3 saturated carbocycles. The first kappa shape index (κ1) is 16.0. The first-order valence-electron chi connectivity index (χ1n) is 9.91. The normalized spacial score (nSPS) is 55.6. The molecule has 134 valence electrons. The van der Waals surface area contributed by atoms with Gasteiger partial charge in [0, 0.05) is 11.3 Å². The molecule has 0 heterocycles. The lowest BCUT2D eigenvalue weighted by Crippen LogP contribution is -2.56. The summed E-state index contributed by atoms with van der Waals surface area (Å²) in [6, 6.07) is 0. The van der Waals surface area contributed by atoms with Gasteiger partial charge in [0.1, 0.15) is 5.60 Å². The van der Waals surface area contributed by atoms with Gasteiger partial charge in [0.15, 0.2) is 11.6 Å². The van der Waals surface area contributed by atoms with Gasteiger partial charge in [-0.15, -0.1) is 0 Å². The Labute approximate surface area is 149 Å². The van der Waals surface area contributed by atoms with Crippen LogP contribution in [0.25, 0.3) is 0 Å². The number of ketones is 2. The van der Waals surface area contributed by atoms with Gasteiger partial charge in [0.25, 0.3) is 0 Å². The van der Waals surface area contributed by atoms with Crippen LogP contribution in [0.2, 0.25) is 0 Å². The van der Waals surface area contributed by atoms with Crippen LogP contribution in [0.4, 0.5) is 0 Å². The molecule has 3 fully saturated rings. The molecule has 0 aromatic heterocycles. The van der Waals surface area contributed by atoms with Crippen LogP contribution < -0.4 is 0 Å². The van der Waals surface area contributed by atoms with Crippen LogP contribution in [-0.4, -0.2) is 22.3 Å². The summed E-state index contributed by atoms with van der Waals surface area (Å²) in [4.78, 5) is 24.5. The van der Waals surface area contributed by atoms with Gasteiger partial charge in [-0.2, -0.15) is 0 Å². The molecule has 0 aliphatic heterocycles. The Morgan fingerprint density at radius 1 is 1.16 bits per heavy atom. The van der Waals surface area contributed by atoms with E-state index in [1.54, 1.807) is 6.92 Å². The molecule has 8 atom stereocenters. The monoisotopic (exact) mass is 340 g/mol. The quantitative estimate of drug-likeness (QED) is 0.795. The minimum absolute atomic E-state index is 0.0620. The highest BCUT2D eigenvalue weighted by molar-refractivity contribution is 5.97. The third-order valence-electron chi connectivity index (χ3n) is 9.18. The highest BCUT2D eigenvalue weighted by Crippen LogP contribution is 2.70. The molecule has 0 aromatic rings. The number of carbonyl (C=O) groups is 2. The van der Waals surface area contributed by atoms with Crippen molar-refractivity contribution < 1.29 is 14.7 Å². The average molecular weight is 340 g/mol. The summed E-state index contributed by atoms with van der Waals surface area (Å²) >= 11 is 0. The van der Waals surface area contributed by atoms with Gasteiger partial charge in [0.05, 0.1) is 0 Å². The van der Waals surface area contributed by atoms with Gasteiger partial charge in [-0.05, 0) is 79.8 Å². The number of rotatable bonds is 1. The van der Waals surface area contributed by atoms with Gasteiger partial charge >= 0.3 is 0 Å². The van der Waals surface area contributed by atoms with E-state index in [0.29, 0.717) is 35.9 Å². The molecular weight excluding hydrogens is 312 g/mol. The minimum atomic E-state index is -1.15. The van der Waals surface area contributed by atoms with Crippen LogP contribution in [0, 0.1) is 40.4 Å². The van der Waals surface area contributed by atoms with E-state index in [1.165, 1.54) is 5.57 Å². The standard InChI is InChI=1S/C22H28O3/c1-12(23)22(25)9-7-16-14-5-4-13-10-19(24)15-11-18(15)21(13,3)17(14)6-8-20(16,22)2/h4-5,10,14-18,25H,6-9,11H2,1-3H3. The fourth-order valence-electron chi connectivity index (χ4n) is 7.49. The summed E-state index contributed by atoms with van der Waals surface area (Å²) in [5.41, 5.74) is -0.120. The maximum atomic E-state index is 12.3. The summed E-state index contributed by atoms with van der Waals surface area (Å²) in [7, 11) is 0. The van der Waals surface area contributed by atoms with Crippen molar-refractivity contribution in [1.82, 2.24) is 0 Å². The molecule has 5 aliphatic carbocycles. The fourth-order valence-corrected chi connectivity index (χ4v) is 7.49. The van der Waals surface area contributed by atoms with E-state index in [2.05, 4.69) is 26.0 Å². The molecule has 5 rings (SSSR count). The molecule has 0 radical (unpaired) electrons. The Bertz CT molecular complexity index is 748. The second kappa shape index (κ2) is 4.54. The second-order valence-corrected chi connectivity index (χ2v) is 9.79. The van der Waals surface area contributed by atoms with Crippen LogP contribution in [0.1, 0.15) is 52.9 Å². The Balaban J connectivity index is 1.58. The van der Waals surface area contributed by atoms with Gasteiger partial charge in [-0.1, -0.05) is 26.0 Å². The third kappa shape index (κ3) is 1.67. The van der Waals surface area contributed by atoms with E-state index in [4.69, 9.17) is 0 Å². The van der Waals surface area contributed by atoms with E-state index in [0.717, 1.165) is 25.7 Å². The number of allylic oxidation sites excluding steroid dienone is 4. The van der Waals surface area contributed by atoms with Gasteiger partial charge in [0.2, 0.25) is 0 Å². The lowest BCUT2D eigenvalue weighted by atomic mass is 9.47. The van der Waals surface area contributed by atoms with Crippen LogP contribution in [0.3, 0.4) is 0 Å². The molecule has 5 aliphatic rings. The summed E-state index contributed by atoms with van der Waals surface area (Å²) in [6.45, 7) is 6.08. The Kier molecular flexibility index (Phi) is 2.90. The maximum absolute atomic E-state index is 12.3. The maximum Gasteiger partial charge on any atom is 0.161 e. The van der Waals surface area contributed by atoms with Crippen molar-refractivity contribution in [2.75, 3.05) is 0 Å². The fraction of sp³-hybridized carbons (Fsp3) is 0.727. The molecule has 0 bridgehead atoms. The highest BCUT2D eigenvalue weighted by Gasteiger charge is 2.68. The number of Topliss-reactive ketones (excluding diaryl/α,β-unsaturated/α-hetero) is 1. The first-order chi connectivity index (χ1) is 11.7. The lowest BCUT2D eigenvalue weighted by molar-refractivity contribution is -0.156. The van der Waals surface area contributed by atoms with E-state index in [1.807, 2.05) is 6.08 Å². The van der Waals surface area contributed by atoms with Crippen molar-refractivity contribution >= 4 is 11.6 Å². The van der Waals surface area contributed by atoms with Crippen LogP contribution in [0.15, 0.2) is 23.8 Å². The van der Waals surface area contributed by atoms with Crippen LogP contribution >= 0.6 is 0 Å². The van der Waals surface area contributed by atoms with Gasteiger partial charge in [-0.25, -0.2) is 0 Å². The van der Waals surface area contributed by atoms with E-state index in [-0.39, 0.29) is 22.5 Å². The van der Waals surface area contributed by atoms with Crippen LogP contribution in [0.5, 0.6) is 0 Å². The largest absolute Gasteiger partial charge is 0.382 e. The molecule has 3 heteroatoms. The molecule has 8 unspecified atom stereocenters. The van der Waals surface area contributed by atoms with Crippen molar-refractivity contribution in [3.8, 4) is 0 Å². The van der Waals surface area contributed by atoms with E-state index >= 15 is 0 Å². The minimum Gasteiger partial charge on any atom is -0.382 e. The number of hydrogen-bond acceptors (Lipinski definition) is 3. The van der Waals surface area contributed by atoms with Crippen molar-refractivity contribution in [2.24, 2.45) is 40.4 Å². The smallest absolute Gasteiger partial charge is 0.161 e. The van der Waals surface area contributed by atoms with Crippen LogP contribution in [-0.2, 0) is 9.59 Å². The molecular formula is C22H28O3. The number of hydrogen-bond donors (Lipinski definition) is 1. The van der Waals surface area contributed by atoms with Gasteiger partial charge in [-0.3, -0.25) is 9.59 Å². The van der Waals surface area contributed by atoms with Gasteiger partial charge < -0.3 is 5.11 Å².